The fourth-order valence-corrected chi connectivity index (χ4v) is 6.37. The molecule has 1 saturated heterocycles. The third kappa shape index (κ3) is 5.21. The van der Waals surface area contributed by atoms with Crippen molar-refractivity contribution < 1.29 is 19.1 Å². The molecule has 0 aliphatic carbocycles. The molecule has 0 radical (unpaired) electrons. The van der Waals surface area contributed by atoms with Gasteiger partial charge in [-0.05, 0) is 49.1 Å². The first kappa shape index (κ1) is 29.3. The van der Waals surface area contributed by atoms with E-state index in [1.54, 1.807) is 48.8 Å². The number of thioether (sulfide) groups is 1. The van der Waals surface area contributed by atoms with Gasteiger partial charge < -0.3 is 9.47 Å². The second kappa shape index (κ2) is 11.8. The fourth-order valence-electron chi connectivity index (χ4n) is 5.75. The summed E-state index contributed by atoms with van der Waals surface area (Å²) in [7, 11) is 0. The van der Waals surface area contributed by atoms with E-state index in [1.165, 1.54) is 21.2 Å². The van der Waals surface area contributed by atoms with Gasteiger partial charge in [0.2, 0.25) is 0 Å². The number of imide groups is 1. The van der Waals surface area contributed by atoms with E-state index in [0.717, 1.165) is 16.8 Å². The van der Waals surface area contributed by atoms with Crippen molar-refractivity contribution in [2.45, 2.75) is 31.0 Å². The lowest BCUT2D eigenvalue weighted by atomic mass is 10.0. The molecular formula is C33H26ClN5O5S. The molecule has 7 rings (SSSR count). The standard InChI is InChI=1S/C33H26ClN5O5S/c1-18-6-5-11-35-28(18)19-9-10-22(26(34)13-19)25-12-20-14-36-33(45-2)37-29(20)38(30(25)40)15-27-43-16-21(17-44-27)39-31(41)23-7-3-4-8-24(23)32(39)42/h3-14,21,27H,15-17H2,1-2H3/t21-,27+. The molecule has 2 aliphatic heterocycles. The Balaban J connectivity index is 1.19. The molecule has 226 valence electrons. The highest BCUT2D eigenvalue weighted by atomic mass is 35.5. The summed E-state index contributed by atoms with van der Waals surface area (Å²) in [5.74, 6) is -0.743. The lowest BCUT2D eigenvalue weighted by molar-refractivity contribution is -0.202. The highest BCUT2D eigenvalue weighted by molar-refractivity contribution is 7.98. The average Bonchev–Trinajstić information content (AvgIpc) is 3.32. The molecule has 0 spiro atoms. The predicted molar refractivity (Wildman–Crippen MR) is 170 cm³/mol. The fraction of sp³-hybridized carbons (Fsp3) is 0.212. The van der Waals surface area contributed by atoms with Crippen LogP contribution in [-0.2, 0) is 16.0 Å². The van der Waals surface area contributed by atoms with E-state index < -0.39 is 12.3 Å². The first-order chi connectivity index (χ1) is 21.8. The minimum absolute atomic E-state index is 0.0195. The van der Waals surface area contributed by atoms with Gasteiger partial charge in [0.25, 0.3) is 17.4 Å². The van der Waals surface area contributed by atoms with Crippen LogP contribution in [0.1, 0.15) is 26.3 Å². The maximum Gasteiger partial charge on any atom is 0.261 e. The zero-order valence-electron chi connectivity index (χ0n) is 24.3. The summed E-state index contributed by atoms with van der Waals surface area (Å²) in [5, 5.41) is 1.55. The van der Waals surface area contributed by atoms with Crippen LogP contribution in [0.2, 0.25) is 5.02 Å². The number of ether oxygens (including phenoxy) is 2. The summed E-state index contributed by atoms with van der Waals surface area (Å²) in [6, 6.07) is 17.2. The van der Waals surface area contributed by atoms with Gasteiger partial charge in [-0.25, -0.2) is 9.97 Å². The first-order valence-electron chi connectivity index (χ1n) is 14.2. The van der Waals surface area contributed by atoms with E-state index in [0.29, 0.717) is 43.5 Å². The number of hydrogen-bond acceptors (Lipinski definition) is 9. The molecule has 1 fully saturated rings. The van der Waals surface area contributed by atoms with Gasteiger partial charge in [-0.1, -0.05) is 53.7 Å². The number of carbonyl (C=O) groups excluding carboxylic acids is 2. The molecule has 0 N–H and O–H groups in total. The van der Waals surface area contributed by atoms with Crippen molar-refractivity contribution >= 4 is 46.2 Å². The van der Waals surface area contributed by atoms with E-state index in [1.807, 2.05) is 37.4 Å². The molecule has 0 saturated carbocycles. The topological polar surface area (TPSA) is 117 Å². The highest BCUT2D eigenvalue weighted by Gasteiger charge is 2.42. The van der Waals surface area contributed by atoms with Crippen molar-refractivity contribution in [3.8, 4) is 22.4 Å². The van der Waals surface area contributed by atoms with Crippen LogP contribution in [0, 0.1) is 6.92 Å². The smallest absolute Gasteiger partial charge is 0.261 e. The Morgan fingerprint density at radius 1 is 0.911 bits per heavy atom. The molecule has 0 bridgehead atoms. The number of amides is 2. The van der Waals surface area contributed by atoms with Gasteiger partial charge in [0.15, 0.2) is 11.4 Å². The number of pyridine rings is 2. The van der Waals surface area contributed by atoms with Crippen LogP contribution in [0.3, 0.4) is 0 Å². The first-order valence-corrected chi connectivity index (χ1v) is 15.8. The number of nitrogens with zero attached hydrogens (tertiary/aromatic N) is 5. The lowest BCUT2D eigenvalue weighted by Gasteiger charge is -2.34. The van der Waals surface area contributed by atoms with Gasteiger partial charge in [0.05, 0.1) is 42.6 Å². The SMILES string of the molecule is CSc1ncc2cc(-c3ccc(-c4ncccc4C)cc3Cl)c(=O)n(C[C@H]3OC[C@@H](N4C(=O)c5ccccc5C4=O)CO3)c2n1. The molecule has 2 amide bonds. The largest absolute Gasteiger partial charge is 0.348 e. The Kier molecular flexibility index (Phi) is 7.70. The Bertz CT molecular complexity index is 2030. The van der Waals surface area contributed by atoms with Crippen LogP contribution < -0.4 is 5.56 Å². The number of fused-ring (bicyclic) bond motifs is 2. The van der Waals surface area contributed by atoms with Crippen LogP contribution >= 0.6 is 23.4 Å². The Hall–Kier alpha value is -4.42. The zero-order valence-corrected chi connectivity index (χ0v) is 25.8. The Labute approximate surface area is 267 Å². The van der Waals surface area contributed by atoms with E-state index in [-0.39, 0.29) is 37.1 Å². The summed E-state index contributed by atoms with van der Waals surface area (Å²) < 4.78 is 13.5. The molecule has 2 aromatic carbocycles. The molecule has 12 heteroatoms. The van der Waals surface area contributed by atoms with Crippen LogP contribution in [0.4, 0.5) is 0 Å². The van der Waals surface area contributed by atoms with Crippen LogP contribution in [0.25, 0.3) is 33.4 Å². The normalized spacial score (nSPS) is 18.1. The summed E-state index contributed by atoms with van der Waals surface area (Å²) in [6.07, 6.45) is 4.43. The minimum Gasteiger partial charge on any atom is -0.348 e. The van der Waals surface area contributed by atoms with Gasteiger partial charge in [-0.2, -0.15) is 0 Å². The number of rotatable bonds is 6. The summed E-state index contributed by atoms with van der Waals surface area (Å²) in [4.78, 5) is 54.8. The third-order valence-electron chi connectivity index (χ3n) is 8.00. The van der Waals surface area contributed by atoms with Crippen LogP contribution in [-0.4, -0.2) is 68.0 Å². The maximum absolute atomic E-state index is 14.1. The van der Waals surface area contributed by atoms with Gasteiger partial charge in [-0.15, -0.1) is 0 Å². The molecule has 0 unspecified atom stereocenters. The molecule has 10 nitrogen and oxygen atoms in total. The number of hydrogen-bond donors (Lipinski definition) is 0. The zero-order chi connectivity index (χ0) is 31.2. The van der Waals surface area contributed by atoms with E-state index in [9.17, 15) is 14.4 Å². The summed E-state index contributed by atoms with van der Waals surface area (Å²) >= 11 is 8.16. The summed E-state index contributed by atoms with van der Waals surface area (Å²) in [6.45, 7) is 2.12. The molecule has 5 aromatic rings. The Morgan fingerprint density at radius 3 is 2.31 bits per heavy atom. The highest BCUT2D eigenvalue weighted by Crippen LogP contribution is 2.33. The van der Waals surface area contributed by atoms with Gasteiger partial charge in [0.1, 0.15) is 5.65 Å². The Morgan fingerprint density at radius 2 is 1.64 bits per heavy atom. The number of benzene rings is 2. The monoisotopic (exact) mass is 639 g/mol. The number of carbonyl (C=O) groups is 2. The van der Waals surface area contributed by atoms with Crippen molar-refractivity contribution in [3.63, 3.8) is 0 Å². The van der Waals surface area contributed by atoms with E-state index in [4.69, 9.17) is 21.1 Å². The molecule has 5 heterocycles. The van der Waals surface area contributed by atoms with Crippen molar-refractivity contribution in [1.29, 1.82) is 0 Å². The van der Waals surface area contributed by atoms with Gasteiger partial charge >= 0.3 is 0 Å². The lowest BCUT2D eigenvalue weighted by Crippen LogP contribution is -2.50. The van der Waals surface area contributed by atoms with Crippen molar-refractivity contribution in [3.05, 3.63) is 105 Å². The quantitative estimate of drug-likeness (QED) is 0.140. The number of halogens is 1. The second-order valence-corrected chi connectivity index (χ2v) is 11.9. The van der Waals surface area contributed by atoms with Gasteiger partial charge in [-0.3, -0.25) is 28.8 Å². The molecular weight excluding hydrogens is 614 g/mol. The van der Waals surface area contributed by atoms with Crippen LogP contribution in [0.15, 0.2) is 83.0 Å². The molecule has 45 heavy (non-hydrogen) atoms. The number of aromatic nitrogens is 4. The summed E-state index contributed by atoms with van der Waals surface area (Å²) in [5.41, 5.74) is 4.42. The van der Waals surface area contributed by atoms with Crippen LogP contribution in [0.5, 0.6) is 0 Å². The molecule has 0 atom stereocenters. The number of aryl methyl sites for hydroxylation is 1. The third-order valence-corrected chi connectivity index (χ3v) is 8.88. The van der Waals surface area contributed by atoms with Gasteiger partial charge in [0, 0.05) is 39.5 Å². The van der Waals surface area contributed by atoms with E-state index >= 15 is 0 Å². The average molecular weight is 640 g/mol. The predicted octanol–water partition coefficient (Wildman–Crippen LogP) is 5.24. The van der Waals surface area contributed by atoms with Crippen molar-refractivity contribution in [1.82, 2.24) is 24.4 Å². The van der Waals surface area contributed by atoms with Crippen molar-refractivity contribution in [2.24, 2.45) is 0 Å². The second-order valence-electron chi connectivity index (χ2n) is 10.7. The van der Waals surface area contributed by atoms with Crippen molar-refractivity contribution in [2.75, 3.05) is 19.5 Å². The maximum atomic E-state index is 14.1. The van der Waals surface area contributed by atoms with E-state index in [2.05, 4.69) is 15.0 Å². The minimum atomic E-state index is -0.828. The molecule has 2 aliphatic rings. The molecule has 3 aromatic heterocycles.